The quantitative estimate of drug-likeness (QED) is 0.881. The van der Waals surface area contributed by atoms with E-state index in [9.17, 15) is 4.79 Å². The zero-order valence-corrected chi connectivity index (χ0v) is 12.2. The Morgan fingerprint density at radius 2 is 1.90 bits per heavy atom. The Morgan fingerprint density at radius 3 is 2.48 bits per heavy atom. The van der Waals surface area contributed by atoms with Crippen LogP contribution in [0.2, 0.25) is 0 Å². The van der Waals surface area contributed by atoms with E-state index < -0.39 is 5.91 Å². The topological polar surface area (TPSA) is 91.2 Å². The van der Waals surface area contributed by atoms with Crippen LogP contribution in [0.5, 0.6) is 11.5 Å². The second-order valence-electron chi connectivity index (χ2n) is 5.63. The van der Waals surface area contributed by atoms with Crippen LogP contribution in [0.1, 0.15) is 29.9 Å². The predicted molar refractivity (Wildman–Crippen MR) is 81.2 cm³/mol. The van der Waals surface area contributed by atoms with Crippen molar-refractivity contribution in [3.8, 4) is 11.5 Å². The summed E-state index contributed by atoms with van der Waals surface area (Å²) in [6.07, 6.45) is 2.27. The molecule has 5 nitrogen and oxygen atoms in total. The minimum absolute atomic E-state index is 0.115. The van der Waals surface area contributed by atoms with Gasteiger partial charge in [-0.2, -0.15) is 0 Å². The van der Waals surface area contributed by atoms with Gasteiger partial charge in [-0.05, 0) is 50.1 Å². The second kappa shape index (κ2) is 5.93. The number of pyridine rings is 1. The van der Waals surface area contributed by atoms with Crippen molar-refractivity contribution in [2.45, 2.75) is 25.8 Å². The Hall–Kier alpha value is -2.40. The highest BCUT2D eigenvalue weighted by Crippen LogP contribution is 2.24. The number of primary amides is 1. The molecule has 21 heavy (non-hydrogen) atoms. The predicted octanol–water partition coefficient (Wildman–Crippen LogP) is 2.25. The Balaban J connectivity index is 2.16. The molecule has 2 aromatic rings. The maximum absolute atomic E-state index is 11.3. The fourth-order valence-corrected chi connectivity index (χ4v) is 1.99. The average Bonchev–Trinajstić information content (AvgIpc) is 2.40. The van der Waals surface area contributed by atoms with E-state index in [1.807, 2.05) is 38.1 Å². The number of carbonyl (C=O) groups is 1. The number of nitrogens with zero attached hydrogens (tertiary/aromatic N) is 1. The van der Waals surface area contributed by atoms with Crippen LogP contribution in [-0.4, -0.2) is 16.4 Å². The van der Waals surface area contributed by atoms with Crippen LogP contribution in [0.3, 0.4) is 0 Å². The van der Waals surface area contributed by atoms with Gasteiger partial charge in [0.25, 0.3) is 5.91 Å². The molecule has 0 aliphatic heterocycles. The molecule has 5 heteroatoms. The lowest BCUT2D eigenvalue weighted by Gasteiger charge is -2.18. The van der Waals surface area contributed by atoms with E-state index in [0.717, 1.165) is 12.0 Å². The molecule has 0 aliphatic rings. The van der Waals surface area contributed by atoms with Crippen LogP contribution in [0.15, 0.2) is 42.6 Å². The van der Waals surface area contributed by atoms with Gasteiger partial charge < -0.3 is 16.2 Å². The molecule has 1 amide bonds. The van der Waals surface area contributed by atoms with E-state index >= 15 is 0 Å². The van der Waals surface area contributed by atoms with Crippen LogP contribution >= 0.6 is 0 Å². The number of nitrogens with two attached hydrogens (primary N) is 2. The number of hydrogen-bond acceptors (Lipinski definition) is 4. The van der Waals surface area contributed by atoms with Crippen LogP contribution in [0.4, 0.5) is 0 Å². The summed E-state index contributed by atoms with van der Waals surface area (Å²) in [7, 11) is 0. The first kappa shape index (κ1) is 15.0. The number of amides is 1. The van der Waals surface area contributed by atoms with Gasteiger partial charge in [0.1, 0.15) is 5.75 Å². The van der Waals surface area contributed by atoms with E-state index in [0.29, 0.717) is 11.5 Å². The van der Waals surface area contributed by atoms with Crippen molar-refractivity contribution in [1.82, 2.24) is 4.98 Å². The molecule has 2 rings (SSSR count). The summed E-state index contributed by atoms with van der Waals surface area (Å²) in [6, 6.07) is 10.9. The van der Waals surface area contributed by atoms with Gasteiger partial charge in [0.2, 0.25) is 0 Å². The number of carbonyl (C=O) groups excluding carboxylic acids is 1. The number of benzene rings is 1. The Bertz CT molecular complexity index is 631. The minimum Gasteiger partial charge on any atom is -0.455 e. The van der Waals surface area contributed by atoms with Gasteiger partial charge in [0.15, 0.2) is 11.4 Å². The smallest absolute Gasteiger partial charge is 0.271 e. The van der Waals surface area contributed by atoms with Crippen LogP contribution < -0.4 is 16.2 Å². The summed E-state index contributed by atoms with van der Waals surface area (Å²) in [5.74, 6) is 0.341. The molecular formula is C16H19N3O2. The van der Waals surface area contributed by atoms with Crippen molar-refractivity contribution >= 4 is 5.91 Å². The lowest BCUT2D eigenvalue weighted by Crippen LogP contribution is -2.34. The first-order valence-electron chi connectivity index (χ1n) is 6.66. The lowest BCUT2D eigenvalue weighted by molar-refractivity contribution is 0.0993. The molecule has 4 N–H and O–H groups in total. The molecule has 0 fully saturated rings. The highest BCUT2D eigenvalue weighted by molar-refractivity contribution is 5.93. The molecule has 0 spiro atoms. The van der Waals surface area contributed by atoms with Crippen molar-refractivity contribution in [2.24, 2.45) is 11.5 Å². The Labute approximate surface area is 123 Å². The Kier molecular flexibility index (Phi) is 4.23. The second-order valence-corrected chi connectivity index (χ2v) is 5.63. The molecule has 1 aromatic heterocycles. The van der Waals surface area contributed by atoms with Crippen molar-refractivity contribution in [2.75, 3.05) is 0 Å². The molecule has 0 radical (unpaired) electrons. The number of aromatic nitrogens is 1. The van der Waals surface area contributed by atoms with E-state index in [1.54, 1.807) is 12.1 Å². The normalized spacial score (nSPS) is 11.2. The van der Waals surface area contributed by atoms with E-state index in [2.05, 4.69) is 4.98 Å². The third-order valence-corrected chi connectivity index (χ3v) is 2.81. The molecule has 0 aliphatic carbocycles. The highest BCUT2D eigenvalue weighted by atomic mass is 16.5. The maximum atomic E-state index is 11.3. The van der Waals surface area contributed by atoms with E-state index in [-0.39, 0.29) is 11.2 Å². The number of hydrogen-bond donors (Lipinski definition) is 2. The standard InChI is InChI=1S/C16H19N3O2/c1-16(2,18)10-11-5-7-12(8-6-11)21-13-4-3-9-19-14(13)15(17)20/h3-9H,10,18H2,1-2H3,(H2,17,20). The monoisotopic (exact) mass is 285 g/mol. The SMILES string of the molecule is CC(C)(N)Cc1ccc(Oc2cccnc2C(N)=O)cc1. The first-order valence-corrected chi connectivity index (χ1v) is 6.66. The summed E-state index contributed by atoms with van der Waals surface area (Å²) >= 11 is 0. The highest BCUT2D eigenvalue weighted by Gasteiger charge is 2.13. The molecular weight excluding hydrogens is 266 g/mol. The zero-order valence-electron chi connectivity index (χ0n) is 12.2. The van der Waals surface area contributed by atoms with Crippen LogP contribution in [0, 0.1) is 0 Å². The molecule has 0 unspecified atom stereocenters. The van der Waals surface area contributed by atoms with Crippen LogP contribution in [-0.2, 0) is 6.42 Å². The molecule has 1 aromatic carbocycles. The fraction of sp³-hybridized carbons (Fsp3) is 0.250. The fourth-order valence-electron chi connectivity index (χ4n) is 1.99. The summed E-state index contributed by atoms with van der Waals surface area (Å²) in [4.78, 5) is 15.2. The molecule has 110 valence electrons. The third-order valence-electron chi connectivity index (χ3n) is 2.81. The van der Waals surface area contributed by atoms with Gasteiger partial charge in [0.05, 0.1) is 0 Å². The largest absolute Gasteiger partial charge is 0.455 e. The summed E-state index contributed by atoms with van der Waals surface area (Å²) < 4.78 is 5.66. The van der Waals surface area contributed by atoms with Gasteiger partial charge in [0, 0.05) is 11.7 Å². The maximum Gasteiger partial charge on any atom is 0.271 e. The van der Waals surface area contributed by atoms with E-state index in [4.69, 9.17) is 16.2 Å². The van der Waals surface area contributed by atoms with Crippen molar-refractivity contribution < 1.29 is 9.53 Å². The molecule has 0 atom stereocenters. The van der Waals surface area contributed by atoms with Crippen molar-refractivity contribution in [3.63, 3.8) is 0 Å². The molecule has 0 bridgehead atoms. The van der Waals surface area contributed by atoms with Crippen molar-refractivity contribution in [3.05, 3.63) is 53.9 Å². The van der Waals surface area contributed by atoms with Gasteiger partial charge >= 0.3 is 0 Å². The Morgan fingerprint density at radius 1 is 1.24 bits per heavy atom. The lowest BCUT2D eigenvalue weighted by atomic mass is 9.96. The summed E-state index contributed by atoms with van der Waals surface area (Å²) in [6.45, 7) is 3.96. The van der Waals surface area contributed by atoms with Crippen molar-refractivity contribution in [1.29, 1.82) is 0 Å². The average molecular weight is 285 g/mol. The summed E-state index contributed by atoms with van der Waals surface area (Å²) in [5.41, 5.74) is 12.2. The van der Waals surface area contributed by atoms with Gasteiger partial charge in [-0.1, -0.05) is 12.1 Å². The number of rotatable bonds is 5. The number of ether oxygens (including phenoxy) is 1. The summed E-state index contributed by atoms with van der Waals surface area (Å²) in [5, 5.41) is 0. The van der Waals surface area contributed by atoms with Gasteiger partial charge in [-0.15, -0.1) is 0 Å². The minimum atomic E-state index is -0.618. The van der Waals surface area contributed by atoms with Gasteiger partial charge in [-0.25, -0.2) is 4.98 Å². The van der Waals surface area contributed by atoms with E-state index in [1.165, 1.54) is 6.20 Å². The van der Waals surface area contributed by atoms with Crippen LogP contribution in [0.25, 0.3) is 0 Å². The first-order chi connectivity index (χ1) is 9.85. The zero-order chi connectivity index (χ0) is 15.5. The molecule has 0 saturated carbocycles. The third kappa shape index (κ3) is 4.29. The molecule has 1 heterocycles. The molecule has 0 saturated heterocycles. The van der Waals surface area contributed by atoms with Gasteiger partial charge in [-0.3, -0.25) is 4.79 Å².